The fraction of sp³-hybridized carbons (Fsp3) is 0.190. The molecule has 3 aromatic heterocycles. The number of aliphatic hydroxyl groups is 1. The largest absolute Gasteiger partial charge is 0.433 e. The summed E-state index contributed by atoms with van der Waals surface area (Å²) in [6.07, 6.45) is -10.2. The van der Waals surface area contributed by atoms with Crippen LogP contribution in [0.25, 0.3) is 16.9 Å². The van der Waals surface area contributed by atoms with E-state index in [0.29, 0.717) is 34.1 Å². The molecule has 0 radical (unpaired) electrons. The minimum Gasteiger partial charge on any atom is -0.404 e. The molecule has 0 saturated carbocycles. The Balaban J connectivity index is 1.65. The highest BCUT2D eigenvalue weighted by Gasteiger charge is 2.36. The number of anilines is 1. The average molecular weight is 630 g/mol. The number of benzene rings is 1. The first-order valence-corrected chi connectivity index (χ1v) is 13.3. The van der Waals surface area contributed by atoms with Gasteiger partial charge in [-0.25, -0.2) is 27.4 Å². The number of carbonyl (C=O) groups is 1. The van der Waals surface area contributed by atoms with Gasteiger partial charge in [0.05, 0.1) is 29.7 Å². The zero-order valence-electron chi connectivity index (χ0n) is 19.3. The van der Waals surface area contributed by atoms with Crippen LogP contribution in [-0.2, 0) is 22.4 Å². The van der Waals surface area contributed by atoms with Gasteiger partial charge in [0.15, 0.2) is 17.1 Å². The average Bonchev–Trinajstić information content (AvgIpc) is 3.44. The van der Waals surface area contributed by atoms with E-state index in [-0.39, 0.29) is 32.0 Å². The molecule has 1 amide bonds. The minimum absolute atomic E-state index is 0.0915. The molecule has 3 N–H and O–H groups in total. The Labute approximate surface area is 229 Å². The standard InChI is InChI=1S/C21H14ClF6N5O5S2/c22-17-13(8-16(39-17)40(36,37)30-5-6-34)32-19(35)38-14-9-29-33-15(21(26,27)28)7-12(31-18(14)33)10-1-3-11(4-2-10)20(23,24)25/h1-4,7-9,30,34H,5-6H2,(H,32,35). The van der Waals surface area contributed by atoms with Gasteiger partial charge < -0.3 is 9.84 Å². The molecule has 0 aliphatic carbocycles. The number of ether oxygens (including phenoxy) is 1. The second kappa shape index (κ2) is 10.8. The lowest BCUT2D eigenvalue weighted by Crippen LogP contribution is -2.25. The number of nitrogens with one attached hydrogen (secondary N) is 2. The number of fused-ring (bicyclic) bond motifs is 1. The van der Waals surface area contributed by atoms with Crippen molar-refractivity contribution in [2.24, 2.45) is 0 Å². The van der Waals surface area contributed by atoms with E-state index in [4.69, 9.17) is 21.4 Å². The van der Waals surface area contributed by atoms with Crippen molar-refractivity contribution >= 4 is 50.4 Å². The number of carbonyl (C=O) groups excluding carboxylic acids is 1. The first kappa shape index (κ1) is 29.5. The van der Waals surface area contributed by atoms with Gasteiger partial charge in [-0.1, -0.05) is 23.7 Å². The number of halogens is 7. The normalized spacial score (nSPS) is 12.6. The molecule has 0 unspecified atom stereocenters. The molecule has 0 spiro atoms. The van der Waals surface area contributed by atoms with Crippen LogP contribution < -0.4 is 14.8 Å². The van der Waals surface area contributed by atoms with Crippen LogP contribution >= 0.6 is 22.9 Å². The van der Waals surface area contributed by atoms with E-state index in [2.05, 4.69) is 20.1 Å². The summed E-state index contributed by atoms with van der Waals surface area (Å²) in [5.74, 6) is -0.555. The minimum atomic E-state index is -4.98. The number of hydrogen-bond acceptors (Lipinski definition) is 8. The maximum absolute atomic E-state index is 13.8. The molecule has 40 heavy (non-hydrogen) atoms. The molecule has 0 bridgehead atoms. The number of sulfonamides is 1. The third-order valence-electron chi connectivity index (χ3n) is 5.01. The summed E-state index contributed by atoms with van der Waals surface area (Å²) < 4.78 is 111. The summed E-state index contributed by atoms with van der Waals surface area (Å²) in [6, 6.07) is 4.79. The molecule has 4 rings (SSSR count). The highest BCUT2D eigenvalue weighted by Crippen LogP contribution is 2.37. The summed E-state index contributed by atoms with van der Waals surface area (Å²) >= 11 is 6.56. The van der Waals surface area contributed by atoms with Crippen LogP contribution in [0.1, 0.15) is 11.3 Å². The van der Waals surface area contributed by atoms with Crippen LogP contribution in [0.5, 0.6) is 5.75 Å². The van der Waals surface area contributed by atoms with Crippen LogP contribution in [0, 0.1) is 0 Å². The van der Waals surface area contributed by atoms with E-state index in [1.165, 1.54) is 0 Å². The monoisotopic (exact) mass is 629 g/mol. The number of alkyl halides is 6. The Bertz CT molecular complexity index is 1670. The predicted molar refractivity (Wildman–Crippen MR) is 130 cm³/mol. The SMILES string of the molecule is O=C(Nc1cc(S(=O)(=O)NCCO)sc1Cl)Oc1cnn2c(C(F)(F)F)cc(-c3ccc(C(F)(F)F)cc3)nc12. The first-order chi connectivity index (χ1) is 18.6. The Morgan fingerprint density at radius 1 is 1.10 bits per heavy atom. The molecule has 0 saturated heterocycles. The van der Waals surface area contributed by atoms with Gasteiger partial charge in [0.1, 0.15) is 8.55 Å². The van der Waals surface area contributed by atoms with Gasteiger partial charge in [-0.2, -0.15) is 31.4 Å². The van der Waals surface area contributed by atoms with Crippen molar-refractivity contribution in [1.29, 1.82) is 0 Å². The number of hydrogen-bond donors (Lipinski definition) is 3. The molecule has 1 aromatic carbocycles. The topological polar surface area (TPSA) is 135 Å². The van der Waals surface area contributed by atoms with Crippen molar-refractivity contribution in [3.8, 4) is 17.0 Å². The molecular formula is C21H14ClF6N5O5S2. The fourth-order valence-electron chi connectivity index (χ4n) is 3.25. The second-order valence-electron chi connectivity index (χ2n) is 7.73. The molecule has 4 aromatic rings. The maximum atomic E-state index is 13.8. The zero-order valence-corrected chi connectivity index (χ0v) is 21.7. The fourth-order valence-corrected chi connectivity index (χ4v) is 5.95. The Morgan fingerprint density at radius 2 is 1.77 bits per heavy atom. The molecule has 214 valence electrons. The third kappa shape index (κ3) is 6.30. The first-order valence-electron chi connectivity index (χ1n) is 10.6. The van der Waals surface area contributed by atoms with Gasteiger partial charge in [0.2, 0.25) is 10.0 Å². The van der Waals surface area contributed by atoms with Gasteiger partial charge in [-0.05, 0) is 24.3 Å². The summed E-state index contributed by atoms with van der Waals surface area (Å²) in [5.41, 5.74) is -3.64. The van der Waals surface area contributed by atoms with Crippen molar-refractivity contribution in [2.45, 2.75) is 16.6 Å². The number of thiophene rings is 1. The number of rotatable bonds is 7. The van der Waals surface area contributed by atoms with Gasteiger partial charge in [0.25, 0.3) is 0 Å². The van der Waals surface area contributed by atoms with E-state index in [9.17, 15) is 39.6 Å². The van der Waals surface area contributed by atoms with Gasteiger partial charge in [-0.3, -0.25) is 5.32 Å². The molecule has 3 heterocycles. The van der Waals surface area contributed by atoms with E-state index < -0.39 is 57.7 Å². The van der Waals surface area contributed by atoms with Gasteiger partial charge >= 0.3 is 18.4 Å². The molecule has 0 fully saturated rings. The molecule has 10 nitrogen and oxygen atoms in total. The third-order valence-corrected chi connectivity index (χ3v) is 8.30. The summed E-state index contributed by atoms with van der Waals surface area (Å²) in [6.45, 7) is -0.751. The molecular weight excluding hydrogens is 616 g/mol. The van der Waals surface area contributed by atoms with Crippen molar-refractivity contribution in [3.05, 3.63) is 58.2 Å². The van der Waals surface area contributed by atoms with Gasteiger partial charge in [0, 0.05) is 12.1 Å². The zero-order chi connectivity index (χ0) is 29.5. The van der Waals surface area contributed by atoms with Crippen LogP contribution in [0.4, 0.5) is 36.8 Å². The summed E-state index contributed by atoms with van der Waals surface area (Å²) in [4.78, 5) is 16.5. The lowest BCUT2D eigenvalue weighted by molar-refractivity contribution is -0.142. The number of nitrogens with zero attached hydrogens (tertiary/aromatic N) is 3. The van der Waals surface area contributed by atoms with Crippen molar-refractivity contribution in [2.75, 3.05) is 18.5 Å². The number of amides is 1. The smallest absolute Gasteiger partial charge is 0.404 e. The second-order valence-corrected chi connectivity index (χ2v) is 11.4. The lowest BCUT2D eigenvalue weighted by Gasteiger charge is -2.12. The van der Waals surface area contributed by atoms with Crippen LogP contribution in [0.15, 0.2) is 46.8 Å². The van der Waals surface area contributed by atoms with Crippen molar-refractivity contribution < 1.29 is 49.4 Å². The maximum Gasteiger partial charge on any atom is 0.433 e. The Kier molecular flexibility index (Phi) is 8.01. The van der Waals surface area contributed by atoms with Crippen LogP contribution in [0.2, 0.25) is 4.34 Å². The number of aromatic nitrogens is 3. The Morgan fingerprint density at radius 3 is 2.38 bits per heavy atom. The molecule has 0 aliphatic heterocycles. The predicted octanol–water partition coefficient (Wildman–Crippen LogP) is 5.03. The highest BCUT2D eigenvalue weighted by atomic mass is 35.5. The molecule has 0 atom stereocenters. The summed E-state index contributed by atoms with van der Waals surface area (Å²) in [7, 11) is -4.06. The lowest BCUT2D eigenvalue weighted by atomic mass is 10.1. The van der Waals surface area contributed by atoms with Crippen LogP contribution in [-0.4, -0.2) is 47.4 Å². The van der Waals surface area contributed by atoms with Crippen molar-refractivity contribution in [1.82, 2.24) is 19.3 Å². The van der Waals surface area contributed by atoms with Crippen molar-refractivity contribution in [3.63, 3.8) is 0 Å². The van der Waals surface area contributed by atoms with E-state index in [1.807, 2.05) is 0 Å². The number of aliphatic hydroxyl groups excluding tert-OH is 1. The summed E-state index contributed by atoms with van der Waals surface area (Å²) in [5, 5.41) is 14.5. The van der Waals surface area contributed by atoms with E-state index >= 15 is 0 Å². The van der Waals surface area contributed by atoms with Crippen LogP contribution in [0.3, 0.4) is 0 Å². The molecule has 0 aliphatic rings. The van der Waals surface area contributed by atoms with E-state index in [1.54, 1.807) is 0 Å². The Hall–Kier alpha value is -3.45. The van der Waals surface area contributed by atoms with E-state index in [0.717, 1.165) is 24.4 Å². The highest BCUT2D eigenvalue weighted by molar-refractivity contribution is 7.91. The van der Waals surface area contributed by atoms with Gasteiger partial charge in [-0.15, -0.1) is 11.3 Å². The quantitative estimate of drug-likeness (QED) is 0.244. The molecule has 19 heteroatoms.